The number of hydrogen-bond donors (Lipinski definition) is 1. The summed E-state index contributed by atoms with van der Waals surface area (Å²) in [6.07, 6.45) is 5.70. The smallest absolute Gasteiger partial charge is 0.322 e. The number of nitrogens with zero attached hydrogens (tertiary/aromatic N) is 2. The second kappa shape index (κ2) is 10.3. The molecular formula is C25H23Cl2F2N3O3. The molecule has 5 rings (SSSR count). The Hall–Kier alpha value is -2.44. The highest BCUT2D eigenvalue weighted by molar-refractivity contribution is 6.42. The lowest BCUT2D eigenvalue weighted by atomic mass is 9.91. The van der Waals surface area contributed by atoms with Gasteiger partial charge in [0.2, 0.25) is 5.95 Å². The van der Waals surface area contributed by atoms with Crippen LogP contribution in [0.5, 0.6) is 0 Å². The molecule has 0 saturated carbocycles. The summed E-state index contributed by atoms with van der Waals surface area (Å²) in [5.74, 6) is 4.77. The fourth-order valence-corrected chi connectivity index (χ4v) is 5.35. The predicted molar refractivity (Wildman–Crippen MR) is 127 cm³/mol. The maximum absolute atomic E-state index is 14.7. The number of nitrogens with one attached hydrogen (secondary N) is 1. The topological polar surface area (TPSA) is 63.7 Å². The molecule has 2 amide bonds. The van der Waals surface area contributed by atoms with Crippen molar-refractivity contribution in [2.75, 3.05) is 18.5 Å². The molecule has 1 aromatic carbocycles. The maximum atomic E-state index is 14.7. The number of urea groups is 1. The summed E-state index contributed by atoms with van der Waals surface area (Å²) in [6.45, 7) is 0.852. The van der Waals surface area contributed by atoms with E-state index in [4.69, 9.17) is 32.7 Å². The predicted octanol–water partition coefficient (Wildman–Crippen LogP) is 5.86. The zero-order valence-electron chi connectivity index (χ0n) is 18.8. The van der Waals surface area contributed by atoms with Crippen LogP contribution < -0.4 is 5.32 Å². The Morgan fingerprint density at radius 1 is 1.23 bits per heavy atom. The number of halogens is 4. The molecule has 3 atom stereocenters. The molecule has 2 bridgehead atoms. The highest BCUT2D eigenvalue weighted by atomic mass is 35.5. The van der Waals surface area contributed by atoms with E-state index in [9.17, 15) is 13.6 Å². The Morgan fingerprint density at radius 3 is 2.86 bits per heavy atom. The van der Waals surface area contributed by atoms with Gasteiger partial charge in [0.15, 0.2) is 6.29 Å². The first-order valence-corrected chi connectivity index (χ1v) is 12.3. The lowest BCUT2D eigenvalue weighted by Gasteiger charge is -2.36. The SMILES string of the molecule is O=C(Nc1cc(Cl)c(Cl)cc1F)N1C2CC[C@H]1Cc1c(F)ncc(C#CCOC3CCCCO3)c12. The number of hydrogen-bond acceptors (Lipinski definition) is 4. The minimum atomic E-state index is -0.693. The van der Waals surface area contributed by atoms with Gasteiger partial charge in [-0.25, -0.2) is 14.2 Å². The normalized spacial score (nSPS) is 22.9. The number of aromatic nitrogens is 1. The van der Waals surface area contributed by atoms with E-state index in [-0.39, 0.29) is 34.7 Å². The third kappa shape index (κ3) is 4.96. The molecular weight excluding hydrogens is 499 g/mol. The average Bonchev–Trinajstić information content (AvgIpc) is 3.16. The Morgan fingerprint density at radius 2 is 2.06 bits per heavy atom. The number of pyridine rings is 1. The van der Waals surface area contributed by atoms with E-state index in [0.29, 0.717) is 42.6 Å². The van der Waals surface area contributed by atoms with E-state index in [1.165, 1.54) is 12.3 Å². The molecule has 2 aromatic rings. The van der Waals surface area contributed by atoms with Crippen LogP contribution in [-0.4, -0.2) is 41.5 Å². The van der Waals surface area contributed by atoms with Gasteiger partial charge in [-0.05, 0) is 56.2 Å². The van der Waals surface area contributed by atoms with Crippen molar-refractivity contribution >= 4 is 34.9 Å². The highest BCUT2D eigenvalue weighted by Crippen LogP contribution is 2.45. The standard InChI is InChI=1S/C25H23Cl2F2N3O3/c26-17-11-19(28)20(12-18(17)27)31-25(33)32-15-6-7-21(32)23-14(13-30-24(29)16(23)10-15)4-3-9-35-22-5-1-2-8-34-22/h11-13,15,21-22H,1-2,5-10H2,(H,31,33)/t15-,21?,22?/m0/s1. The number of rotatable bonds is 3. The lowest BCUT2D eigenvalue weighted by Crippen LogP contribution is -2.45. The summed E-state index contributed by atoms with van der Waals surface area (Å²) in [6, 6.07) is 1.19. The van der Waals surface area contributed by atoms with Crippen molar-refractivity contribution in [2.45, 2.75) is 56.9 Å². The summed E-state index contributed by atoms with van der Waals surface area (Å²) in [7, 11) is 0. The molecule has 3 aliphatic rings. The van der Waals surface area contributed by atoms with Crippen LogP contribution in [-0.2, 0) is 15.9 Å². The monoisotopic (exact) mass is 521 g/mol. The third-order valence-corrected chi connectivity index (χ3v) is 7.36. The van der Waals surface area contributed by atoms with Crippen LogP contribution in [0.25, 0.3) is 0 Å². The highest BCUT2D eigenvalue weighted by Gasteiger charge is 2.45. The molecule has 4 heterocycles. The van der Waals surface area contributed by atoms with E-state index in [2.05, 4.69) is 22.1 Å². The van der Waals surface area contributed by atoms with Gasteiger partial charge in [-0.15, -0.1) is 0 Å². The van der Waals surface area contributed by atoms with Gasteiger partial charge < -0.3 is 19.7 Å². The first kappa shape index (κ1) is 24.3. The van der Waals surface area contributed by atoms with Crippen molar-refractivity contribution in [1.82, 2.24) is 9.88 Å². The Bertz CT molecular complexity index is 1210. The Kier molecular flexibility index (Phi) is 7.12. The van der Waals surface area contributed by atoms with Crippen LogP contribution in [0.15, 0.2) is 18.3 Å². The first-order valence-electron chi connectivity index (χ1n) is 11.6. The van der Waals surface area contributed by atoms with Crippen LogP contribution in [0.1, 0.15) is 54.8 Å². The van der Waals surface area contributed by atoms with Gasteiger partial charge >= 0.3 is 6.03 Å². The molecule has 1 N–H and O–H groups in total. The number of carbonyl (C=O) groups is 1. The van der Waals surface area contributed by atoms with Crippen molar-refractivity contribution in [1.29, 1.82) is 0 Å². The van der Waals surface area contributed by atoms with Gasteiger partial charge in [0.25, 0.3) is 0 Å². The fourth-order valence-electron chi connectivity index (χ4n) is 5.03. The van der Waals surface area contributed by atoms with Gasteiger partial charge in [0.1, 0.15) is 12.4 Å². The van der Waals surface area contributed by atoms with Crippen LogP contribution in [0.2, 0.25) is 10.0 Å². The number of amides is 2. The van der Waals surface area contributed by atoms with E-state index in [1.54, 1.807) is 4.90 Å². The van der Waals surface area contributed by atoms with Crippen molar-refractivity contribution in [3.63, 3.8) is 0 Å². The molecule has 3 aliphatic heterocycles. The molecule has 184 valence electrons. The van der Waals surface area contributed by atoms with Crippen LogP contribution in [0.3, 0.4) is 0 Å². The molecule has 0 radical (unpaired) electrons. The molecule has 1 aromatic heterocycles. The van der Waals surface area contributed by atoms with Crippen LogP contribution >= 0.6 is 23.2 Å². The minimum absolute atomic E-state index is 0.0550. The second-order valence-corrected chi connectivity index (χ2v) is 9.61. The zero-order valence-corrected chi connectivity index (χ0v) is 20.3. The maximum Gasteiger partial charge on any atom is 0.322 e. The number of benzene rings is 1. The number of anilines is 1. The van der Waals surface area contributed by atoms with E-state index in [1.807, 2.05) is 0 Å². The lowest BCUT2D eigenvalue weighted by molar-refractivity contribution is -0.154. The Balaban J connectivity index is 1.37. The summed E-state index contributed by atoms with van der Waals surface area (Å²) in [5, 5.41) is 2.77. The van der Waals surface area contributed by atoms with Gasteiger partial charge in [-0.1, -0.05) is 35.0 Å². The van der Waals surface area contributed by atoms with E-state index in [0.717, 1.165) is 25.3 Å². The fraction of sp³-hybridized carbons (Fsp3) is 0.440. The van der Waals surface area contributed by atoms with Gasteiger partial charge in [-0.2, -0.15) is 4.39 Å². The summed E-state index contributed by atoms with van der Waals surface area (Å²) in [4.78, 5) is 18.7. The average molecular weight is 522 g/mol. The zero-order chi connectivity index (χ0) is 24.5. The number of carbonyl (C=O) groups excluding carboxylic acids is 1. The quantitative estimate of drug-likeness (QED) is 0.312. The van der Waals surface area contributed by atoms with Gasteiger partial charge in [-0.3, -0.25) is 0 Å². The second-order valence-electron chi connectivity index (χ2n) is 8.80. The molecule has 2 saturated heterocycles. The van der Waals surface area contributed by atoms with E-state index < -0.39 is 23.8 Å². The molecule has 2 unspecified atom stereocenters. The van der Waals surface area contributed by atoms with Crippen molar-refractivity contribution < 1.29 is 23.0 Å². The number of ether oxygens (including phenoxy) is 2. The molecule has 35 heavy (non-hydrogen) atoms. The van der Waals surface area contributed by atoms with Crippen molar-refractivity contribution in [3.05, 3.63) is 56.8 Å². The Labute approximate surface area is 211 Å². The third-order valence-electron chi connectivity index (χ3n) is 6.64. The number of fused-ring (bicyclic) bond motifs is 4. The largest absolute Gasteiger partial charge is 0.353 e. The van der Waals surface area contributed by atoms with Crippen molar-refractivity contribution in [3.8, 4) is 11.8 Å². The molecule has 0 spiro atoms. The minimum Gasteiger partial charge on any atom is -0.353 e. The van der Waals surface area contributed by atoms with E-state index >= 15 is 0 Å². The van der Waals surface area contributed by atoms with Crippen LogP contribution in [0, 0.1) is 23.6 Å². The molecule has 6 nitrogen and oxygen atoms in total. The molecule has 2 fully saturated rings. The summed E-state index contributed by atoms with van der Waals surface area (Å²) >= 11 is 11.8. The molecule has 10 heteroatoms. The van der Waals surface area contributed by atoms with Gasteiger partial charge in [0.05, 0.1) is 21.8 Å². The van der Waals surface area contributed by atoms with Crippen molar-refractivity contribution in [2.24, 2.45) is 0 Å². The summed E-state index contributed by atoms with van der Waals surface area (Å²) in [5.41, 5.74) is 1.61. The summed E-state index contributed by atoms with van der Waals surface area (Å²) < 4.78 is 40.2. The van der Waals surface area contributed by atoms with Crippen LogP contribution in [0.4, 0.5) is 19.3 Å². The first-order chi connectivity index (χ1) is 16.9. The molecule has 0 aliphatic carbocycles. The van der Waals surface area contributed by atoms with Gasteiger partial charge in [0, 0.05) is 30.0 Å².